The standard InChI is InChI=1S/C14H28N2/c1-3-14(8-5-9-15-14)12-13-6-10-16(4-2)11-7-13/h13,15H,3-12H2,1-2H3. The fourth-order valence-corrected chi connectivity index (χ4v) is 3.55. The highest BCUT2D eigenvalue weighted by molar-refractivity contribution is 4.94. The van der Waals surface area contributed by atoms with E-state index in [1.165, 1.54) is 64.7 Å². The van der Waals surface area contributed by atoms with Crippen LogP contribution in [0.1, 0.15) is 52.4 Å². The average molecular weight is 224 g/mol. The Balaban J connectivity index is 1.81. The summed E-state index contributed by atoms with van der Waals surface area (Å²) in [5, 5.41) is 3.78. The largest absolute Gasteiger partial charge is 0.311 e. The Kier molecular flexibility index (Phi) is 4.26. The molecule has 1 N–H and O–H groups in total. The van der Waals surface area contributed by atoms with Crippen molar-refractivity contribution in [3.63, 3.8) is 0 Å². The molecule has 94 valence electrons. The molecule has 16 heavy (non-hydrogen) atoms. The van der Waals surface area contributed by atoms with Crippen LogP contribution in [0, 0.1) is 5.92 Å². The number of rotatable bonds is 4. The SMILES string of the molecule is CCN1CCC(CC2(CC)CCCN2)CC1. The van der Waals surface area contributed by atoms with Crippen LogP contribution in [0.4, 0.5) is 0 Å². The van der Waals surface area contributed by atoms with Gasteiger partial charge in [0.2, 0.25) is 0 Å². The minimum Gasteiger partial charge on any atom is -0.311 e. The van der Waals surface area contributed by atoms with Gasteiger partial charge in [-0.05, 0) is 70.6 Å². The zero-order valence-electron chi connectivity index (χ0n) is 11.1. The van der Waals surface area contributed by atoms with E-state index in [-0.39, 0.29) is 0 Å². The van der Waals surface area contributed by atoms with Crippen molar-refractivity contribution in [1.29, 1.82) is 0 Å². The van der Waals surface area contributed by atoms with Crippen molar-refractivity contribution in [3.8, 4) is 0 Å². The van der Waals surface area contributed by atoms with E-state index in [1.807, 2.05) is 0 Å². The van der Waals surface area contributed by atoms with Gasteiger partial charge in [-0.3, -0.25) is 0 Å². The van der Waals surface area contributed by atoms with E-state index in [2.05, 4.69) is 24.1 Å². The van der Waals surface area contributed by atoms with E-state index >= 15 is 0 Å². The lowest BCUT2D eigenvalue weighted by atomic mass is 9.80. The molecular weight excluding hydrogens is 196 g/mol. The molecule has 0 aromatic carbocycles. The van der Waals surface area contributed by atoms with Crippen LogP contribution in [0.5, 0.6) is 0 Å². The molecule has 2 aliphatic rings. The van der Waals surface area contributed by atoms with Gasteiger partial charge in [-0.2, -0.15) is 0 Å². The summed E-state index contributed by atoms with van der Waals surface area (Å²) in [6.45, 7) is 9.80. The van der Waals surface area contributed by atoms with Gasteiger partial charge in [0, 0.05) is 5.54 Å². The van der Waals surface area contributed by atoms with E-state index in [1.54, 1.807) is 0 Å². The second kappa shape index (κ2) is 5.50. The quantitative estimate of drug-likeness (QED) is 0.790. The predicted octanol–water partition coefficient (Wildman–Crippen LogP) is 2.64. The molecular formula is C14H28N2. The molecule has 0 spiro atoms. The normalized spacial score (nSPS) is 33.4. The lowest BCUT2D eigenvalue weighted by Gasteiger charge is -2.37. The Morgan fingerprint density at radius 1 is 1.25 bits per heavy atom. The Morgan fingerprint density at radius 2 is 2.00 bits per heavy atom. The second-order valence-corrected chi connectivity index (χ2v) is 5.75. The third-order valence-electron chi connectivity index (χ3n) is 4.84. The summed E-state index contributed by atoms with van der Waals surface area (Å²) in [6.07, 6.45) is 8.41. The number of nitrogens with one attached hydrogen (secondary N) is 1. The van der Waals surface area contributed by atoms with Gasteiger partial charge in [0.1, 0.15) is 0 Å². The molecule has 2 heterocycles. The van der Waals surface area contributed by atoms with Crippen molar-refractivity contribution in [2.45, 2.75) is 57.9 Å². The number of likely N-dealkylation sites (tertiary alicyclic amines) is 1. The first-order valence-corrected chi connectivity index (χ1v) is 7.25. The minimum atomic E-state index is 0.513. The first-order valence-electron chi connectivity index (χ1n) is 7.25. The van der Waals surface area contributed by atoms with Crippen molar-refractivity contribution in [2.24, 2.45) is 5.92 Å². The fourth-order valence-electron chi connectivity index (χ4n) is 3.55. The number of hydrogen-bond donors (Lipinski definition) is 1. The van der Waals surface area contributed by atoms with Crippen LogP contribution in [0.15, 0.2) is 0 Å². The summed E-state index contributed by atoms with van der Waals surface area (Å²) in [6, 6.07) is 0. The fraction of sp³-hybridized carbons (Fsp3) is 1.00. The third-order valence-corrected chi connectivity index (χ3v) is 4.84. The van der Waals surface area contributed by atoms with Crippen molar-refractivity contribution in [1.82, 2.24) is 10.2 Å². The summed E-state index contributed by atoms with van der Waals surface area (Å²) in [4.78, 5) is 2.59. The Bertz CT molecular complexity index is 201. The van der Waals surface area contributed by atoms with E-state index in [4.69, 9.17) is 0 Å². The predicted molar refractivity (Wildman–Crippen MR) is 69.7 cm³/mol. The molecule has 0 aliphatic carbocycles. The van der Waals surface area contributed by atoms with Crippen molar-refractivity contribution < 1.29 is 0 Å². The minimum absolute atomic E-state index is 0.513. The van der Waals surface area contributed by atoms with Crippen LogP contribution in [-0.4, -0.2) is 36.6 Å². The highest BCUT2D eigenvalue weighted by atomic mass is 15.1. The first kappa shape index (κ1) is 12.4. The lowest BCUT2D eigenvalue weighted by molar-refractivity contribution is 0.157. The van der Waals surface area contributed by atoms with Crippen LogP contribution in [-0.2, 0) is 0 Å². The summed E-state index contributed by atoms with van der Waals surface area (Å²) < 4.78 is 0. The van der Waals surface area contributed by atoms with Gasteiger partial charge < -0.3 is 10.2 Å². The van der Waals surface area contributed by atoms with Gasteiger partial charge in [0.05, 0.1) is 0 Å². The maximum atomic E-state index is 3.78. The van der Waals surface area contributed by atoms with Gasteiger partial charge in [0.25, 0.3) is 0 Å². The summed E-state index contributed by atoms with van der Waals surface area (Å²) in [7, 11) is 0. The molecule has 2 nitrogen and oxygen atoms in total. The molecule has 0 aromatic heterocycles. The molecule has 0 bridgehead atoms. The molecule has 0 radical (unpaired) electrons. The van der Waals surface area contributed by atoms with E-state index in [0.29, 0.717) is 5.54 Å². The third kappa shape index (κ3) is 2.78. The van der Waals surface area contributed by atoms with Crippen molar-refractivity contribution in [3.05, 3.63) is 0 Å². The molecule has 0 amide bonds. The summed E-state index contributed by atoms with van der Waals surface area (Å²) in [5.41, 5.74) is 0.513. The summed E-state index contributed by atoms with van der Waals surface area (Å²) in [5.74, 6) is 0.980. The van der Waals surface area contributed by atoms with E-state index < -0.39 is 0 Å². The van der Waals surface area contributed by atoms with Crippen LogP contribution in [0.2, 0.25) is 0 Å². The smallest absolute Gasteiger partial charge is 0.0182 e. The molecule has 2 aliphatic heterocycles. The molecule has 2 saturated heterocycles. The molecule has 1 unspecified atom stereocenters. The zero-order valence-corrected chi connectivity index (χ0v) is 11.1. The molecule has 2 fully saturated rings. The first-order chi connectivity index (χ1) is 7.78. The Hall–Kier alpha value is -0.0800. The maximum absolute atomic E-state index is 3.78. The highest BCUT2D eigenvalue weighted by Gasteiger charge is 2.34. The molecule has 2 heteroatoms. The molecule has 0 saturated carbocycles. The zero-order chi connectivity index (χ0) is 11.4. The van der Waals surface area contributed by atoms with Crippen molar-refractivity contribution >= 4 is 0 Å². The molecule has 2 rings (SSSR count). The topological polar surface area (TPSA) is 15.3 Å². The lowest BCUT2D eigenvalue weighted by Crippen LogP contribution is -2.43. The van der Waals surface area contributed by atoms with Crippen LogP contribution in [0.3, 0.4) is 0 Å². The monoisotopic (exact) mass is 224 g/mol. The van der Waals surface area contributed by atoms with Crippen LogP contribution in [0.25, 0.3) is 0 Å². The number of hydrogen-bond acceptors (Lipinski definition) is 2. The Labute approximate surface area is 101 Å². The number of nitrogens with zero attached hydrogens (tertiary/aromatic N) is 1. The van der Waals surface area contributed by atoms with Crippen LogP contribution >= 0.6 is 0 Å². The van der Waals surface area contributed by atoms with Gasteiger partial charge in [0.15, 0.2) is 0 Å². The van der Waals surface area contributed by atoms with Gasteiger partial charge in [-0.25, -0.2) is 0 Å². The number of piperidine rings is 1. The average Bonchev–Trinajstić information content (AvgIpc) is 2.79. The van der Waals surface area contributed by atoms with Gasteiger partial charge in [-0.15, -0.1) is 0 Å². The summed E-state index contributed by atoms with van der Waals surface area (Å²) >= 11 is 0. The highest BCUT2D eigenvalue weighted by Crippen LogP contribution is 2.33. The van der Waals surface area contributed by atoms with Crippen molar-refractivity contribution in [2.75, 3.05) is 26.2 Å². The maximum Gasteiger partial charge on any atom is 0.0182 e. The van der Waals surface area contributed by atoms with E-state index in [9.17, 15) is 0 Å². The molecule has 0 aromatic rings. The second-order valence-electron chi connectivity index (χ2n) is 5.75. The van der Waals surface area contributed by atoms with Crippen LogP contribution < -0.4 is 5.32 Å². The Morgan fingerprint density at radius 3 is 2.50 bits per heavy atom. The van der Waals surface area contributed by atoms with Gasteiger partial charge >= 0.3 is 0 Å². The van der Waals surface area contributed by atoms with E-state index in [0.717, 1.165) is 5.92 Å². The molecule has 1 atom stereocenters. The van der Waals surface area contributed by atoms with Gasteiger partial charge in [-0.1, -0.05) is 13.8 Å².